The lowest BCUT2D eigenvalue weighted by Gasteiger charge is -2.28. The third kappa shape index (κ3) is 5.01. The molecule has 0 saturated heterocycles. The molecule has 2 aromatic carbocycles. The van der Waals surface area contributed by atoms with E-state index in [2.05, 4.69) is 4.98 Å². The summed E-state index contributed by atoms with van der Waals surface area (Å²) in [7, 11) is -3.50. The summed E-state index contributed by atoms with van der Waals surface area (Å²) in [6.07, 6.45) is -3.18. The SMILES string of the molecule is CS(=O)(=O)c1nc(C(=O)N2CCc3cc(Oc4ccc(C(F)(F)F)cc4F)ccc3C2)cs1. The molecule has 33 heavy (non-hydrogen) atoms. The molecule has 0 unspecified atom stereocenters. The van der Waals surface area contributed by atoms with Gasteiger partial charge in [-0.2, -0.15) is 13.2 Å². The number of fused-ring (bicyclic) bond motifs is 1. The van der Waals surface area contributed by atoms with E-state index in [1.807, 2.05) is 0 Å². The average Bonchev–Trinajstić information content (AvgIpc) is 3.24. The van der Waals surface area contributed by atoms with Crippen molar-refractivity contribution in [2.45, 2.75) is 23.5 Å². The highest BCUT2D eigenvalue weighted by Crippen LogP contribution is 2.34. The second kappa shape index (κ2) is 8.41. The number of carbonyl (C=O) groups excluding carboxylic acids is 1. The fraction of sp³-hybridized carbons (Fsp3) is 0.238. The highest BCUT2D eigenvalue weighted by atomic mass is 32.2. The van der Waals surface area contributed by atoms with Crippen LogP contribution in [0.5, 0.6) is 11.5 Å². The largest absolute Gasteiger partial charge is 0.454 e. The minimum atomic E-state index is -4.65. The molecule has 12 heteroatoms. The van der Waals surface area contributed by atoms with Crippen molar-refractivity contribution in [1.82, 2.24) is 9.88 Å². The van der Waals surface area contributed by atoms with Gasteiger partial charge in [0.25, 0.3) is 5.91 Å². The summed E-state index contributed by atoms with van der Waals surface area (Å²) < 4.78 is 80.7. The number of carbonyl (C=O) groups is 1. The zero-order valence-electron chi connectivity index (χ0n) is 17.0. The molecular weight excluding hydrogens is 484 g/mol. The first-order valence-electron chi connectivity index (χ1n) is 9.53. The quantitative estimate of drug-likeness (QED) is 0.486. The molecule has 4 rings (SSSR count). The highest BCUT2D eigenvalue weighted by molar-refractivity contribution is 7.92. The molecule has 0 bridgehead atoms. The summed E-state index contributed by atoms with van der Waals surface area (Å²) in [5.74, 6) is -1.60. The number of benzene rings is 2. The Morgan fingerprint density at radius 1 is 1.15 bits per heavy atom. The highest BCUT2D eigenvalue weighted by Gasteiger charge is 2.31. The summed E-state index contributed by atoms with van der Waals surface area (Å²) in [5, 5.41) is 1.41. The number of hydrogen-bond donors (Lipinski definition) is 0. The number of nitrogens with zero attached hydrogens (tertiary/aromatic N) is 2. The lowest BCUT2D eigenvalue weighted by atomic mass is 9.99. The summed E-state index contributed by atoms with van der Waals surface area (Å²) in [6, 6.07) is 6.93. The van der Waals surface area contributed by atoms with Gasteiger partial charge in [0.2, 0.25) is 14.2 Å². The molecule has 1 aromatic heterocycles. The third-order valence-electron chi connectivity index (χ3n) is 4.98. The van der Waals surface area contributed by atoms with E-state index in [1.165, 1.54) is 11.4 Å². The van der Waals surface area contributed by atoms with Gasteiger partial charge in [-0.25, -0.2) is 17.8 Å². The summed E-state index contributed by atoms with van der Waals surface area (Å²) in [4.78, 5) is 18.2. The standard InChI is InChI=1S/C21H16F4N2O4S2/c1-33(29,30)20-26-17(11-32-20)19(28)27-7-6-12-8-15(4-2-13(12)10-27)31-18-5-3-14(9-16(18)22)21(23,24)25/h2-5,8-9,11H,6-7,10H2,1H3. The van der Waals surface area contributed by atoms with Crippen LogP contribution in [0.4, 0.5) is 17.6 Å². The van der Waals surface area contributed by atoms with E-state index < -0.39 is 27.4 Å². The molecule has 1 amide bonds. The van der Waals surface area contributed by atoms with Crippen molar-refractivity contribution >= 4 is 27.1 Å². The Hall–Kier alpha value is -2.99. The van der Waals surface area contributed by atoms with Crippen LogP contribution in [-0.4, -0.2) is 37.0 Å². The molecule has 0 fully saturated rings. The number of sulfone groups is 1. The minimum absolute atomic E-state index is 0.0570. The minimum Gasteiger partial charge on any atom is -0.454 e. The molecule has 3 aromatic rings. The normalized spacial score (nSPS) is 14.2. The van der Waals surface area contributed by atoms with E-state index in [9.17, 15) is 30.8 Å². The molecule has 0 radical (unpaired) electrons. The number of thiazole rings is 1. The van der Waals surface area contributed by atoms with Crippen molar-refractivity contribution in [2.75, 3.05) is 12.8 Å². The average molecular weight is 500 g/mol. The molecular formula is C21H16F4N2O4S2. The van der Waals surface area contributed by atoms with Gasteiger partial charge in [-0.15, -0.1) is 11.3 Å². The number of aromatic nitrogens is 1. The lowest BCUT2D eigenvalue weighted by molar-refractivity contribution is -0.137. The molecule has 1 aliphatic rings. The number of alkyl halides is 3. The Labute approximate surface area is 190 Å². The second-order valence-corrected chi connectivity index (χ2v) is 10.5. The topological polar surface area (TPSA) is 76.6 Å². The molecule has 0 saturated carbocycles. The fourth-order valence-electron chi connectivity index (χ4n) is 3.34. The van der Waals surface area contributed by atoms with E-state index in [-0.39, 0.29) is 34.0 Å². The number of amides is 1. The fourth-order valence-corrected chi connectivity index (χ4v) is 4.97. The van der Waals surface area contributed by atoms with Gasteiger partial charge in [0.1, 0.15) is 11.4 Å². The Morgan fingerprint density at radius 2 is 1.91 bits per heavy atom. The first-order valence-corrected chi connectivity index (χ1v) is 12.3. The van der Waals surface area contributed by atoms with Crippen LogP contribution in [-0.2, 0) is 29.0 Å². The van der Waals surface area contributed by atoms with Crippen LogP contribution in [0.1, 0.15) is 27.2 Å². The molecule has 0 aliphatic carbocycles. The van der Waals surface area contributed by atoms with Gasteiger partial charge in [-0.3, -0.25) is 4.79 Å². The second-order valence-electron chi connectivity index (χ2n) is 7.42. The van der Waals surface area contributed by atoms with Gasteiger partial charge >= 0.3 is 6.18 Å². The van der Waals surface area contributed by atoms with Gasteiger partial charge < -0.3 is 9.64 Å². The van der Waals surface area contributed by atoms with E-state index in [0.29, 0.717) is 19.0 Å². The van der Waals surface area contributed by atoms with Crippen LogP contribution in [0.3, 0.4) is 0 Å². The van der Waals surface area contributed by atoms with Gasteiger partial charge in [-0.05, 0) is 47.9 Å². The number of rotatable bonds is 4. The van der Waals surface area contributed by atoms with Crippen molar-refractivity contribution in [1.29, 1.82) is 0 Å². The maximum atomic E-state index is 14.1. The van der Waals surface area contributed by atoms with E-state index >= 15 is 0 Å². The van der Waals surface area contributed by atoms with Crippen molar-refractivity contribution in [3.05, 3.63) is 70.0 Å². The Bertz CT molecular complexity index is 1340. The summed E-state index contributed by atoms with van der Waals surface area (Å²) in [5.41, 5.74) is 0.611. The van der Waals surface area contributed by atoms with Gasteiger partial charge in [-0.1, -0.05) is 6.07 Å². The molecule has 0 atom stereocenters. The monoisotopic (exact) mass is 500 g/mol. The van der Waals surface area contributed by atoms with Crippen molar-refractivity contribution in [3.8, 4) is 11.5 Å². The molecule has 2 heterocycles. The summed E-state index contributed by atoms with van der Waals surface area (Å²) >= 11 is 0.884. The third-order valence-corrected chi connectivity index (χ3v) is 7.54. The summed E-state index contributed by atoms with van der Waals surface area (Å²) in [6.45, 7) is 0.602. The Kier molecular flexibility index (Phi) is 5.91. The first-order chi connectivity index (χ1) is 15.4. The number of ether oxygens (including phenoxy) is 1. The van der Waals surface area contributed by atoms with Gasteiger partial charge in [0.05, 0.1) is 5.56 Å². The molecule has 0 N–H and O–H groups in total. The number of halogens is 4. The van der Waals surface area contributed by atoms with Crippen LogP contribution in [0.25, 0.3) is 0 Å². The van der Waals surface area contributed by atoms with Crippen LogP contribution in [0.15, 0.2) is 46.1 Å². The van der Waals surface area contributed by atoms with E-state index in [0.717, 1.165) is 40.9 Å². The van der Waals surface area contributed by atoms with Gasteiger partial charge in [0, 0.05) is 24.7 Å². The smallest absolute Gasteiger partial charge is 0.416 e. The first kappa shape index (κ1) is 23.2. The maximum absolute atomic E-state index is 14.1. The molecule has 6 nitrogen and oxygen atoms in total. The molecule has 174 valence electrons. The Morgan fingerprint density at radius 3 is 2.55 bits per heavy atom. The molecule has 1 aliphatic heterocycles. The van der Waals surface area contributed by atoms with Crippen molar-refractivity contribution in [3.63, 3.8) is 0 Å². The van der Waals surface area contributed by atoms with E-state index in [4.69, 9.17) is 4.74 Å². The zero-order chi connectivity index (χ0) is 24.0. The number of hydrogen-bond acceptors (Lipinski definition) is 6. The van der Waals surface area contributed by atoms with Crippen molar-refractivity contribution in [2.24, 2.45) is 0 Å². The predicted octanol–water partition coefficient (Wildman–Crippen LogP) is 4.70. The van der Waals surface area contributed by atoms with E-state index in [1.54, 1.807) is 17.0 Å². The van der Waals surface area contributed by atoms with Crippen molar-refractivity contribution < 1.29 is 35.5 Å². The maximum Gasteiger partial charge on any atom is 0.416 e. The van der Waals surface area contributed by atoms with Crippen LogP contribution in [0, 0.1) is 5.82 Å². The van der Waals surface area contributed by atoms with Gasteiger partial charge in [0.15, 0.2) is 11.6 Å². The van der Waals surface area contributed by atoms with Crippen LogP contribution >= 0.6 is 11.3 Å². The predicted molar refractivity (Wildman–Crippen MR) is 112 cm³/mol. The van der Waals surface area contributed by atoms with Crippen LogP contribution < -0.4 is 4.74 Å². The Balaban J connectivity index is 1.48. The lowest BCUT2D eigenvalue weighted by Crippen LogP contribution is -2.36. The zero-order valence-corrected chi connectivity index (χ0v) is 18.7. The van der Waals surface area contributed by atoms with Crippen LogP contribution in [0.2, 0.25) is 0 Å². The molecule has 0 spiro atoms.